The standard InChI is InChI=1S/C17H25NO/c1-13-5-4-8-17(9-13,12-18)10-14-11-19-16-7-3-2-6-15(14)16/h2-3,6-7,13-14H,4-5,8-12,18H2,1H3. The summed E-state index contributed by atoms with van der Waals surface area (Å²) in [5, 5.41) is 0. The number of ether oxygens (including phenoxy) is 1. The Bertz CT molecular complexity index is 445. The summed E-state index contributed by atoms with van der Waals surface area (Å²) in [6.07, 6.45) is 6.51. The number of hydrogen-bond acceptors (Lipinski definition) is 2. The second-order valence-electron chi connectivity index (χ2n) is 6.66. The van der Waals surface area contributed by atoms with E-state index in [2.05, 4.69) is 31.2 Å². The van der Waals surface area contributed by atoms with Crippen LogP contribution in [0.5, 0.6) is 5.75 Å². The summed E-state index contributed by atoms with van der Waals surface area (Å²) in [7, 11) is 0. The molecule has 3 rings (SSSR count). The van der Waals surface area contributed by atoms with Gasteiger partial charge in [-0.25, -0.2) is 0 Å². The molecule has 2 heteroatoms. The lowest BCUT2D eigenvalue weighted by atomic mass is 9.65. The van der Waals surface area contributed by atoms with Gasteiger partial charge in [-0.15, -0.1) is 0 Å². The van der Waals surface area contributed by atoms with Crippen molar-refractivity contribution >= 4 is 0 Å². The third-order valence-electron chi connectivity index (χ3n) is 5.10. The molecule has 1 fully saturated rings. The molecule has 0 saturated heterocycles. The van der Waals surface area contributed by atoms with Gasteiger partial charge in [0.25, 0.3) is 0 Å². The molecule has 2 aliphatic rings. The van der Waals surface area contributed by atoms with Crippen molar-refractivity contribution < 1.29 is 4.74 Å². The van der Waals surface area contributed by atoms with Gasteiger partial charge in [-0.2, -0.15) is 0 Å². The van der Waals surface area contributed by atoms with Gasteiger partial charge in [-0.3, -0.25) is 0 Å². The average molecular weight is 259 g/mol. The molecule has 1 aliphatic heterocycles. The van der Waals surface area contributed by atoms with E-state index in [1.165, 1.54) is 37.7 Å². The van der Waals surface area contributed by atoms with Crippen LogP contribution in [-0.2, 0) is 0 Å². The van der Waals surface area contributed by atoms with Crippen LogP contribution in [-0.4, -0.2) is 13.2 Å². The third-order valence-corrected chi connectivity index (χ3v) is 5.10. The number of hydrogen-bond donors (Lipinski definition) is 1. The molecule has 2 nitrogen and oxygen atoms in total. The summed E-state index contributed by atoms with van der Waals surface area (Å²) in [6, 6.07) is 8.50. The van der Waals surface area contributed by atoms with Gasteiger partial charge in [0.1, 0.15) is 5.75 Å². The minimum Gasteiger partial charge on any atom is -0.493 e. The first kappa shape index (κ1) is 13.0. The molecule has 0 spiro atoms. The minimum atomic E-state index is 0.350. The predicted molar refractivity (Wildman–Crippen MR) is 78.4 cm³/mol. The first-order valence-corrected chi connectivity index (χ1v) is 7.64. The number of benzene rings is 1. The lowest BCUT2D eigenvalue weighted by Crippen LogP contribution is -2.37. The summed E-state index contributed by atoms with van der Waals surface area (Å²) in [6.45, 7) is 4.05. The molecule has 1 aromatic carbocycles. The SMILES string of the molecule is CC1CCCC(CN)(CC2COc3ccccc32)C1. The van der Waals surface area contributed by atoms with Gasteiger partial charge < -0.3 is 10.5 Å². The number of para-hydroxylation sites is 1. The largest absolute Gasteiger partial charge is 0.493 e. The van der Waals surface area contributed by atoms with Gasteiger partial charge in [0.15, 0.2) is 0 Å². The van der Waals surface area contributed by atoms with Gasteiger partial charge >= 0.3 is 0 Å². The normalized spacial score (nSPS) is 33.8. The maximum absolute atomic E-state index is 6.16. The number of rotatable bonds is 3. The highest BCUT2D eigenvalue weighted by atomic mass is 16.5. The summed E-state index contributed by atoms with van der Waals surface area (Å²) in [5.74, 6) is 2.46. The van der Waals surface area contributed by atoms with E-state index in [1.54, 1.807) is 0 Å². The lowest BCUT2D eigenvalue weighted by Gasteiger charge is -2.40. The highest BCUT2D eigenvalue weighted by molar-refractivity contribution is 5.39. The Labute approximate surface area is 116 Å². The molecule has 19 heavy (non-hydrogen) atoms. The molecule has 2 N–H and O–H groups in total. The fourth-order valence-electron chi connectivity index (χ4n) is 4.14. The van der Waals surface area contributed by atoms with Crippen molar-refractivity contribution in [1.29, 1.82) is 0 Å². The van der Waals surface area contributed by atoms with E-state index < -0.39 is 0 Å². The molecule has 0 aromatic heterocycles. The second kappa shape index (κ2) is 5.16. The maximum atomic E-state index is 6.16. The topological polar surface area (TPSA) is 35.2 Å². The van der Waals surface area contributed by atoms with E-state index in [0.29, 0.717) is 11.3 Å². The van der Waals surface area contributed by atoms with E-state index in [9.17, 15) is 0 Å². The first-order chi connectivity index (χ1) is 9.22. The molecular formula is C17H25NO. The van der Waals surface area contributed by atoms with Crippen molar-refractivity contribution in [3.63, 3.8) is 0 Å². The van der Waals surface area contributed by atoms with Crippen LogP contribution < -0.4 is 10.5 Å². The van der Waals surface area contributed by atoms with Crippen LogP contribution in [0.2, 0.25) is 0 Å². The van der Waals surface area contributed by atoms with Crippen molar-refractivity contribution in [3.05, 3.63) is 29.8 Å². The number of nitrogens with two attached hydrogens (primary N) is 1. The van der Waals surface area contributed by atoms with Crippen LogP contribution in [0, 0.1) is 11.3 Å². The Morgan fingerprint density at radius 2 is 2.21 bits per heavy atom. The molecule has 104 valence electrons. The highest BCUT2D eigenvalue weighted by Gasteiger charge is 2.38. The monoisotopic (exact) mass is 259 g/mol. The Hall–Kier alpha value is -1.02. The fraction of sp³-hybridized carbons (Fsp3) is 0.647. The van der Waals surface area contributed by atoms with Crippen LogP contribution in [0.4, 0.5) is 0 Å². The van der Waals surface area contributed by atoms with Crippen LogP contribution >= 0.6 is 0 Å². The molecule has 3 unspecified atom stereocenters. The molecule has 0 amide bonds. The van der Waals surface area contributed by atoms with E-state index in [0.717, 1.165) is 24.8 Å². The van der Waals surface area contributed by atoms with Gasteiger partial charge in [0.05, 0.1) is 6.61 Å². The second-order valence-corrected chi connectivity index (χ2v) is 6.66. The van der Waals surface area contributed by atoms with Crippen molar-refractivity contribution in [2.45, 2.75) is 44.9 Å². The zero-order valence-electron chi connectivity index (χ0n) is 11.9. The third kappa shape index (κ3) is 2.51. The molecular weight excluding hydrogens is 234 g/mol. The Morgan fingerprint density at radius 3 is 3.00 bits per heavy atom. The van der Waals surface area contributed by atoms with E-state index in [1.807, 2.05) is 0 Å². The average Bonchev–Trinajstić information content (AvgIpc) is 2.82. The molecule has 0 radical (unpaired) electrons. The molecule has 1 saturated carbocycles. The fourth-order valence-corrected chi connectivity index (χ4v) is 4.14. The Balaban J connectivity index is 1.77. The van der Waals surface area contributed by atoms with Gasteiger partial charge in [-0.05, 0) is 43.2 Å². The highest BCUT2D eigenvalue weighted by Crippen LogP contribution is 2.47. The zero-order chi connectivity index (χ0) is 13.3. The van der Waals surface area contributed by atoms with E-state index >= 15 is 0 Å². The van der Waals surface area contributed by atoms with Crippen LogP contribution in [0.1, 0.15) is 50.5 Å². The van der Waals surface area contributed by atoms with Crippen molar-refractivity contribution in [2.24, 2.45) is 17.1 Å². The molecule has 1 aliphatic carbocycles. The molecule has 3 atom stereocenters. The number of fused-ring (bicyclic) bond motifs is 1. The van der Waals surface area contributed by atoms with Crippen LogP contribution in [0.25, 0.3) is 0 Å². The Morgan fingerprint density at radius 1 is 1.37 bits per heavy atom. The van der Waals surface area contributed by atoms with Gasteiger partial charge in [-0.1, -0.05) is 38.0 Å². The van der Waals surface area contributed by atoms with Crippen molar-refractivity contribution in [3.8, 4) is 5.75 Å². The minimum absolute atomic E-state index is 0.350. The quantitative estimate of drug-likeness (QED) is 0.898. The lowest BCUT2D eigenvalue weighted by molar-refractivity contribution is 0.125. The summed E-state index contributed by atoms with van der Waals surface area (Å²) >= 11 is 0. The smallest absolute Gasteiger partial charge is 0.122 e. The van der Waals surface area contributed by atoms with Crippen LogP contribution in [0.15, 0.2) is 24.3 Å². The zero-order valence-corrected chi connectivity index (χ0v) is 11.9. The van der Waals surface area contributed by atoms with E-state index in [4.69, 9.17) is 10.5 Å². The summed E-state index contributed by atoms with van der Waals surface area (Å²) < 4.78 is 5.83. The Kier molecular flexibility index (Phi) is 3.53. The summed E-state index contributed by atoms with van der Waals surface area (Å²) in [5.41, 5.74) is 7.90. The van der Waals surface area contributed by atoms with Crippen molar-refractivity contribution in [1.82, 2.24) is 0 Å². The van der Waals surface area contributed by atoms with Gasteiger partial charge in [0, 0.05) is 11.5 Å². The predicted octanol–water partition coefficient (Wildman–Crippen LogP) is 3.71. The van der Waals surface area contributed by atoms with Crippen LogP contribution in [0.3, 0.4) is 0 Å². The molecule has 1 aromatic rings. The molecule has 1 heterocycles. The van der Waals surface area contributed by atoms with Gasteiger partial charge in [0.2, 0.25) is 0 Å². The van der Waals surface area contributed by atoms with Crippen molar-refractivity contribution in [2.75, 3.05) is 13.2 Å². The summed E-state index contributed by atoms with van der Waals surface area (Å²) in [4.78, 5) is 0. The first-order valence-electron chi connectivity index (χ1n) is 7.64. The molecule has 0 bridgehead atoms. The van der Waals surface area contributed by atoms with E-state index in [-0.39, 0.29) is 0 Å². The maximum Gasteiger partial charge on any atom is 0.122 e.